The summed E-state index contributed by atoms with van der Waals surface area (Å²) < 4.78 is 5.91. The molecule has 4 aromatic rings. The van der Waals surface area contributed by atoms with Crippen LogP contribution in [0.15, 0.2) is 45.7 Å². The number of nitrogens with zero attached hydrogens (tertiary/aromatic N) is 1. The molecule has 2 aromatic heterocycles. The van der Waals surface area contributed by atoms with Crippen molar-refractivity contribution in [3.63, 3.8) is 0 Å². The molecule has 0 spiro atoms. The summed E-state index contributed by atoms with van der Waals surface area (Å²) in [7, 11) is 0. The van der Waals surface area contributed by atoms with E-state index in [1.54, 1.807) is 12.1 Å². The maximum atomic E-state index is 12.9. The second-order valence-electron chi connectivity index (χ2n) is 7.01. The Hall–Kier alpha value is -3.46. The summed E-state index contributed by atoms with van der Waals surface area (Å²) >= 11 is 3.36. The SMILES string of the molecule is CCc1nc2ccccc2c(C(=O)OCC(=O)Nc2cc3[nH]c(=O)[nH]c3cc2Br)c1C. The number of benzene rings is 2. The normalized spacial score (nSPS) is 11.1. The van der Waals surface area contributed by atoms with Crippen molar-refractivity contribution in [2.24, 2.45) is 0 Å². The summed E-state index contributed by atoms with van der Waals surface area (Å²) in [6.07, 6.45) is 0.676. The van der Waals surface area contributed by atoms with E-state index in [4.69, 9.17) is 4.74 Å². The van der Waals surface area contributed by atoms with Crippen LogP contribution in [-0.2, 0) is 16.0 Å². The number of nitrogens with one attached hydrogen (secondary N) is 3. The zero-order valence-corrected chi connectivity index (χ0v) is 18.4. The molecule has 0 saturated heterocycles. The Kier molecular flexibility index (Phi) is 5.60. The van der Waals surface area contributed by atoms with Gasteiger partial charge in [-0.15, -0.1) is 0 Å². The molecule has 3 N–H and O–H groups in total. The lowest BCUT2D eigenvalue weighted by molar-refractivity contribution is -0.119. The number of halogens is 1. The zero-order chi connectivity index (χ0) is 22.1. The Bertz CT molecular complexity index is 1390. The van der Waals surface area contributed by atoms with E-state index in [9.17, 15) is 14.4 Å². The van der Waals surface area contributed by atoms with Crippen LogP contribution in [0.5, 0.6) is 0 Å². The molecule has 1 amide bonds. The molecule has 0 saturated carbocycles. The summed E-state index contributed by atoms with van der Waals surface area (Å²) in [5, 5.41) is 3.37. The lowest BCUT2D eigenvalue weighted by atomic mass is 10.0. The van der Waals surface area contributed by atoms with Gasteiger partial charge in [-0.05, 0) is 53.0 Å². The van der Waals surface area contributed by atoms with Crippen molar-refractivity contribution in [1.82, 2.24) is 15.0 Å². The molecule has 2 heterocycles. The van der Waals surface area contributed by atoms with Gasteiger partial charge in [0.2, 0.25) is 0 Å². The molecule has 0 aliphatic rings. The number of esters is 1. The number of anilines is 1. The highest BCUT2D eigenvalue weighted by atomic mass is 79.9. The number of aromatic nitrogens is 3. The first kappa shape index (κ1) is 20.8. The Labute approximate surface area is 185 Å². The van der Waals surface area contributed by atoms with Crippen LogP contribution in [-0.4, -0.2) is 33.4 Å². The number of aromatic amines is 2. The van der Waals surface area contributed by atoms with Gasteiger partial charge < -0.3 is 20.0 Å². The molecule has 0 atom stereocenters. The molecule has 0 fully saturated rings. The molecule has 9 heteroatoms. The van der Waals surface area contributed by atoms with E-state index in [-0.39, 0.29) is 5.69 Å². The summed E-state index contributed by atoms with van der Waals surface area (Å²) in [4.78, 5) is 46.6. The third-order valence-electron chi connectivity index (χ3n) is 4.99. The third kappa shape index (κ3) is 4.09. The van der Waals surface area contributed by atoms with Crippen LogP contribution in [0.4, 0.5) is 5.69 Å². The minimum atomic E-state index is -0.578. The van der Waals surface area contributed by atoms with E-state index >= 15 is 0 Å². The summed E-state index contributed by atoms with van der Waals surface area (Å²) in [6.45, 7) is 3.35. The molecule has 4 rings (SSSR count). The molecular formula is C22H19BrN4O4. The van der Waals surface area contributed by atoms with Crippen LogP contribution in [0.1, 0.15) is 28.5 Å². The largest absolute Gasteiger partial charge is 0.452 e. The van der Waals surface area contributed by atoms with Crippen molar-refractivity contribution in [1.29, 1.82) is 0 Å². The number of para-hydroxylation sites is 1. The molecule has 2 aromatic carbocycles. The van der Waals surface area contributed by atoms with Gasteiger partial charge in [0.05, 0.1) is 27.8 Å². The van der Waals surface area contributed by atoms with Crippen LogP contribution in [0.3, 0.4) is 0 Å². The summed E-state index contributed by atoms with van der Waals surface area (Å²) in [5.41, 5.74) is 3.94. The van der Waals surface area contributed by atoms with Crippen LogP contribution in [0.2, 0.25) is 0 Å². The minimum Gasteiger partial charge on any atom is -0.452 e. The number of rotatable bonds is 5. The number of ether oxygens (including phenoxy) is 1. The van der Waals surface area contributed by atoms with Crippen LogP contribution in [0, 0.1) is 6.92 Å². The molecule has 0 aliphatic carbocycles. The first-order chi connectivity index (χ1) is 14.9. The van der Waals surface area contributed by atoms with E-state index in [0.717, 1.165) is 11.3 Å². The Balaban J connectivity index is 1.53. The van der Waals surface area contributed by atoms with Crippen LogP contribution < -0.4 is 11.0 Å². The maximum Gasteiger partial charge on any atom is 0.339 e. The van der Waals surface area contributed by atoms with E-state index in [0.29, 0.717) is 44.1 Å². The highest BCUT2D eigenvalue weighted by Crippen LogP contribution is 2.27. The van der Waals surface area contributed by atoms with Crippen LogP contribution >= 0.6 is 15.9 Å². The fraction of sp³-hybridized carbons (Fsp3) is 0.182. The van der Waals surface area contributed by atoms with Crippen molar-refractivity contribution < 1.29 is 14.3 Å². The molecule has 31 heavy (non-hydrogen) atoms. The van der Waals surface area contributed by atoms with Gasteiger partial charge in [0.25, 0.3) is 5.91 Å². The Morgan fingerprint density at radius 2 is 1.87 bits per heavy atom. The first-order valence-corrected chi connectivity index (χ1v) is 10.4. The standard InChI is InChI=1S/C22H19BrN4O4/c1-3-14-11(2)20(12-6-4-5-7-15(12)24-14)21(29)31-10-19(28)25-16-9-18-17(8-13(16)23)26-22(30)27-18/h4-9H,3,10H2,1-2H3,(H,25,28)(H2,26,27,30). The predicted molar refractivity (Wildman–Crippen MR) is 121 cm³/mol. The second kappa shape index (κ2) is 8.35. The predicted octanol–water partition coefficient (Wildman–Crippen LogP) is 3.83. The van der Waals surface area contributed by atoms with Crippen molar-refractivity contribution in [2.75, 3.05) is 11.9 Å². The highest BCUT2D eigenvalue weighted by Gasteiger charge is 2.20. The molecule has 158 valence electrons. The van der Waals surface area contributed by atoms with Gasteiger partial charge in [0.1, 0.15) is 0 Å². The number of hydrogen-bond acceptors (Lipinski definition) is 5. The highest BCUT2D eigenvalue weighted by molar-refractivity contribution is 9.10. The van der Waals surface area contributed by atoms with Gasteiger partial charge in [-0.1, -0.05) is 25.1 Å². The van der Waals surface area contributed by atoms with Gasteiger partial charge in [-0.25, -0.2) is 9.59 Å². The molecule has 0 unspecified atom stereocenters. The first-order valence-electron chi connectivity index (χ1n) is 9.64. The topological polar surface area (TPSA) is 117 Å². The van der Waals surface area contributed by atoms with Gasteiger partial charge in [0, 0.05) is 15.6 Å². The van der Waals surface area contributed by atoms with Crippen LogP contribution in [0.25, 0.3) is 21.9 Å². The van der Waals surface area contributed by atoms with Gasteiger partial charge in [0.15, 0.2) is 6.61 Å². The smallest absolute Gasteiger partial charge is 0.339 e. The van der Waals surface area contributed by atoms with Gasteiger partial charge >= 0.3 is 11.7 Å². The maximum absolute atomic E-state index is 12.9. The quantitative estimate of drug-likeness (QED) is 0.373. The number of amides is 1. The average molecular weight is 483 g/mol. The number of aryl methyl sites for hydroxylation is 1. The van der Waals surface area contributed by atoms with Gasteiger partial charge in [-0.3, -0.25) is 9.78 Å². The van der Waals surface area contributed by atoms with E-state index in [2.05, 4.69) is 36.2 Å². The monoisotopic (exact) mass is 482 g/mol. The number of fused-ring (bicyclic) bond motifs is 2. The summed E-state index contributed by atoms with van der Waals surface area (Å²) in [5.74, 6) is -1.08. The number of imidazole rings is 1. The number of pyridine rings is 1. The Morgan fingerprint density at radius 3 is 2.61 bits per heavy atom. The summed E-state index contributed by atoms with van der Waals surface area (Å²) in [6, 6.07) is 10.6. The number of hydrogen-bond donors (Lipinski definition) is 3. The molecule has 0 radical (unpaired) electrons. The number of H-pyrrole nitrogens is 2. The fourth-order valence-electron chi connectivity index (χ4n) is 3.51. The zero-order valence-electron chi connectivity index (χ0n) is 16.8. The number of carbonyl (C=O) groups excluding carboxylic acids is 2. The third-order valence-corrected chi connectivity index (χ3v) is 5.64. The average Bonchev–Trinajstić information content (AvgIpc) is 3.10. The van der Waals surface area contributed by atoms with Crippen molar-refractivity contribution in [2.45, 2.75) is 20.3 Å². The molecular weight excluding hydrogens is 464 g/mol. The van der Waals surface area contributed by atoms with Crippen molar-refractivity contribution in [3.8, 4) is 0 Å². The Morgan fingerprint density at radius 1 is 1.16 bits per heavy atom. The lowest BCUT2D eigenvalue weighted by Gasteiger charge is -2.13. The second-order valence-corrected chi connectivity index (χ2v) is 7.86. The van der Waals surface area contributed by atoms with E-state index < -0.39 is 18.5 Å². The number of carbonyl (C=O) groups is 2. The van der Waals surface area contributed by atoms with E-state index in [1.807, 2.05) is 38.1 Å². The van der Waals surface area contributed by atoms with Gasteiger partial charge in [-0.2, -0.15) is 0 Å². The minimum absolute atomic E-state index is 0.342. The van der Waals surface area contributed by atoms with Crippen molar-refractivity contribution in [3.05, 3.63) is 68.2 Å². The molecule has 0 bridgehead atoms. The lowest BCUT2D eigenvalue weighted by Crippen LogP contribution is -2.22. The molecule has 8 nitrogen and oxygen atoms in total. The fourth-order valence-corrected chi connectivity index (χ4v) is 3.95. The van der Waals surface area contributed by atoms with E-state index in [1.165, 1.54) is 0 Å². The van der Waals surface area contributed by atoms with Crippen molar-refractivity contribution >= 4 is 55.4 Å². The molecule has 0 aliphatic heterocycles.